The summed E-state index contributed by atoms with van der Waals surface area (Å²) in [6.07, 6.45) is 6.67. The predicted octanol–water partition coefficient (Wildman–Crippen LogP) is 0.459. The quantitative estimate of drug-likeness (QED) is 0.710. The average Bonchev–Trinajstić information content (AvgIpc) is 2.97. The number of carboxylic acid groups (broad SMARTS) is 1. The molecule has 104 valence electrons. The number of carbonyl (C=O) groups excluding carboxylic acids is 1. The Kier molecular flexibility index (Phi) is 3.09. The molecular formula is C14H20N2O3. The maximum absolute atomic E-state index is 12.6. The van der Waals surface area contributed by atoms with Gasteiger partial charge in [-0.2, -0.15) is 0 Å². The van der Waals surface area contributed by atoms with E-state index in [0.29, 0.717) is 6.54 Å². The van der Waals surface area contributed by atoms with E-state index >= 15 is 0 Å². The normalized spacial score (nSPS) is 40.7. The van der Waals surface area contributed by atoms with Crippen LogP contribution in [-0.4, -0.2) is 41.0 Å². The maximum atomic E-state index is 12.6. The van der Waals surface area contributed by atoms with Crippen LogP contribution < -0.4 is 5.73 Å². The zero-order valence-corrected chi connectivity index (χ0v) is 10.9. The molecule has 2 fully saturated rings. The predicted molar refractivity (Wildman–Crippen MR) is 69.1 cm³/mol. The summed E-state index contributed by atoms with van der Waals surface area (Å²) in [6.45, 7) is 1.29. The highest BCUT2D eigenvalue weighted by Gasteiger charge is 2.52. The second-order valence-electron chi connectivity index (χ2n) is 6.02. The average molecular weight is 264 g/mol. The molecule has 1 saturated heterocycles. The number of piperidine rings is 1. The summed E-state index contributed by atoms with van der Waals surface area (Å²) in [6, 6.07) is 0.0371. The first-order valence-corrected chi connectivity index (χ1v) is 7.03. The Bertz CT molecular complexity index is 434. The van der Waals surface area contributed by atoms with E-state index in [1.165, 1.54) is 0 Å². The molecule has 19 heavy (non-hydrogen) atoms. The van der Waals surface area contributed by atoms with E-state index in [0.717, 1.165) is 25.8 Å². The number of carboxylic acids is 1. The lowest BCUT2D eigenvalue weighted by Crippen LogP contribution is -2.50. The fourth-order valence-electron chi connectivity index (χ4n) is 3.92. The maximum Gasteiger partial charge on any atom is 0.307 e. The zero-order valence-electron chi connectivity index (χ0n) is 10.9. The van der Waals surface area contributed by atoms with Crippen LogP contribution in [0, 0.1) is 23.7 Å². The standard InChI is InChI=1S/C14H20N2O3/c15-10-2-1-5-16(7-10)13(17)11-8-3-4-9(6-8)12(11)14(18)19/h3-4,8-12H,1-2,5-7,15H2,(H,18,19)/t8?,9?,10?,11-,12+/m0/s1. The number of hydrogen-bond acceptors (Lipinski definition) is 3. The van der Waals surface area contributed by atoms with Crippen molar-refractivity contribution in [1.82, 2.24) is 4.90 Å². The number of aliphatic carboxylic acids is 1. The van der Waals surface area contributed by atoms with E-state index in [1.54, 1.807) is 4.90 Å². The van der Waals surface area contributed by atoms with E-state index in [1.807, 2.05) is 12.2 Å². The second-order valence-corrected chi connectivity index (χ2v) is 6.02. The molecule has 0 spiro atoms. The summed E-state index contributed by atoms with van der Waals surface area (Å²) in [5.74, 6) is -1.61. The van der Waals surface area contributed by atoms with Crippen molar-refractivity contribution in [1.29, 1.82) is 0 Å². The minimum Gasteiger partial charge on any atom is -0.481 e. The number of rotatable bonds is 2. The highest BCUT2D eigenvalue weighted by Crippen LogP contribution is 2.48. The first-order valence-electron chi connectivity index (χ1n) is 7.03. The van der Waals surface area contributed by atoms with Crippen LogP contribution in [0.15, 0.2) is 12.2 Å². The van der Waals surface area contributed by atoms with Crippen LogP contribution in [0.4, 0.5) is 0 Å². The molecule has 2 aliphatic carbocycles. The van der Waals surface area contributed by atoms with Crippen LogP contribution >= 0.6 is 0 Å². The lowest BCUT2D eigenvalue weighted by Gasteiger charge is -2.35. The third-order valence-corrected chi connectivity index (χ3v) is 4.80. The number of nitrogens with two attached hydrogens (primary N) is 1. The van der Waals surface area contributed by atoms with Crippen LogP contribution in [-0.2, 0) is 9.59 Å². The molecule has 3 rings (SSSR count). The Morgan fingerprint density at radius 3 is 2.53 bits per heavy atom. The van der Waals surface area contributed by atoms with Gasteiger partial charge in [-0.15, -0.1) is 0 Å². The van der Waals surface area contributed by atoms with Gasteiger partial charge in [0.2, 0.25) is 5.91 Å². The summed E-state index contributed by atoms with van der Waals surface area (Å²) in [5.41, 5.74) is 5.91. The summed E-state index contributed by atoms with van der Waals surface area (Å²) in [7, 11) is 0. The minimum atomic E-state index is -0.837. The lowest BCUT2D eigenvalue weighted by molar-refractivity contribution is -0.151. The molecule has 0 aromatic carbocycles. The smallest absolute Gasteiger partial charge is 0.307 e. The van der Waals surface area contributed by atoms with Crippen molar-refractivity contribution in [3.05, 3.63) is 12.2 Å². The van der Waals surface area contributed by atoms with Gasteiger partial charge in [-0.25, -0.2) is 0 Å². The third kappa shape index (κ3) is 2.06. The SMILES string of the molecule is NC1CCCN(C(=O)[C@H]2C3C=CC(C3)[C@H]2C(=O)O)C1. The van der Waals surface area contributed by atoms with Gasteiger partial charge in [0.05, 0.1) is 11.8 Å². The number of hydrogen-bond donors (Lipinski definition) is 2. The highest BCUT2D eigenvalue weighted by atomic mass is 16.4. The topological polar surface area (TPSA) is 83.6 Å². The van der Waals surface area contributed by atoms with Crippen molar-refractivity contribution in [3.63, 3.8) is 0 Å². The van der Waals surface area contributed by atoms with Crippen LogP contribution in [0.1, 0.15) is 19.3 Å². The van der Waals surface area contributed by atoms with E-state index in [-0.39, 0.29) is 29.7 Å². The van der Waals surface area contributed by atoms with E-state index in [9.17, 15) is 14.7 Å². The Hall–Kier alpha value is -1.36. The molecule has 1 amide bonds. The Balaban J connectivity index is 1.78. The van der Waals surface area contributed by atoms with Gasteiger partial charge in [0.15, 0.2) is 0 Å². The second kappa shape index (κ2) is 4.63. The number of allylic oxidation sites excluding steroid dienone is 2. The molecule has 0 aromatic rings. The molecule has 5 atom stereocenters. The van der Waals surface area contributed by atoms with Gasteiger partial charge in [-0.1, -0.05) is 12.2 Å². The molecule has 1 heterocycles. The Labute approximate surface area is 112 Å². The van der Waals surface area contributed by atoms with Crippen LogP contribution in [0.3, 0.4) is 0 Å². The molecule has 0 radical (unpaired) electrons. The van der Waals surface area contributed by atoms with Gasteiger partial charge in [-0.05, 0) is 31.1 Å². The molecule has 3 aliphatic rings. The Morgan fingerprint density at radius 2 is 1.89 bits per heavy atom. The van der Waals surface area contributed by atoms with Crippen molar-refractivity contribution in [2.75, 3.05) is 13.1 Å². The van der Waals surface area contributed by atoms with Gasteiger partial charge < -0.3 is 15.7 Å². The summed E-state index contributed by atoms with van der Waals surface area (Å²) >= 11 is 0. The number of fused-ring (bicyclic) bond motifs is 2. The van der Waals surface area contributed by atoms with E-state index in [4.69, 9.17) is 5.73 Å². The van der Waals surface area contributed by atoms with Crippen LogP contribution in [0.25, 0.3) is 0 Å². The third-order valence-electron chi connectivity index (χ3n) is 4.80. The van der Waals surface area contributed by atoms with Crippen molar-refractivity contribution in [3.8, 4) is 0 Å². The summed E-state index contributed by atoms with van der Waals surface area (Å²) in [5, 5.41) is 9.38. The summed E-state index contributed by atoms with van der Waals surface area (Å²) in [4.78, 5) is 25.8. The zero-order chi connectivity index (χ0) is 13.6. The molecule has 1 aliphatic heterocycles. The van der Waals surface area contributed by atoms with Gasteiger partial charge in [0.1, 0.15) is 0 Å². The molecule has 2 bridgehead atoms. The molecular weight excluding hydrogens is 244 g/mol. The fraction of sp³-hybridized carbons (Fsp3) is 0.714. The van der Waals surface area contributed by atoms with E-state index < -0.39 is 11.9 Å². The molecule has 1 saturated carbocycles. The number of amides is 1. The summed E-state index contributed by atoms with van der Waals surface area (Å²) < 4.78 is 0. The monoisotopic (exact) mass is 264 g/mol. The molecule has 3 N–H and O–H groups in total. The van der Waals surface area contributed by atoms with Crippen LogP contribution in [0.5, 0.6) is 0 Å². The highest BCUT2D eigenvalue weighted by molar-refractivity contribution is 5.87. The molecule has 5 nitrogen and oxygen atoms in total. The molecule has 5 heteroatoms. The number of carbonyl (C=O) groups is 2. The fourth-order valence-corrected chi connectivity index (χ4v) is 3.92. The Morgan fingerprint density at radius 1 is 1.21 bits per heavy atom. The largest absolute Gasteiger partial charge is 0.481 e. The van der Waals surface area contributed by atoms with Crippen molar-refractivity contribution in [2.24, 2.45) is 29.4 Å². The van der Waals surface area contributed by atoms with Gasteiger partial charge in [0, 0.05) is 19.1 Å². The number of likely N-dealkylation sites (tertiary alicyclic amines) is 1. The molecule has 3 unspecified atom stereocenters. The first kappa shape index (κ1) is 12.7. The van der Waals surface area contributed by atoms with Crippen molar-refractivity contribution >= 4 is 11.9 Å². The first-order chi connectivity index (χ1) is 9.08. The lowest BCUT2D eigenvalue weighted by atomic mass is 9.81. The van der Waals surface area contributed by atoms with Gasteiger partial charge >= 0.3 is 5.97 Å². The van der Waals surface area contributed by atoms with Gasteiger partial charge in [0.25, 0.3) is 0 Å². The van der Waals surface area contributed by atoms with Crippen molar-refractivity contribution in [2.45, 2.75) is 25.3 Å². The van der Waals surface area contributed by atoms with Crippen LogP contribution in [0.2, 0.25) is 0 Å². The molecule has 0 aromatic heterocycles. The van der Waals surface area contributed by atoms with Gasteiger partial charge in [-0.3, -0.25) is 9.59 Å². The van der Waals surface area contributed by atoms with Crippen molar-refractivity contribution < 1.29 is 14.7 Å². The minimum absolute atomic E-state index is 0.000556. The number of nitrogens with zero attached hydrogens (tertiary/aromatic N) is 1. The van der Waals surface area contributed by atoms with E-state index in [2.05, 4.69) is 0 Å².